The van der Waals surface area contributed by atoms with E-state index >= 15 is 0 Å². The van der Waals surface area contributed by atoms with E-state index in [-0.39, 0.29) is 24.6 Å². The molecule has 2 N–H and O–H groups in total. The first-order chi connectivity index (χ1) is 14.0. The number of anilines is 1. The topological polar surface area (TPSA) is 97.0 Å². The SMILES string of the molecule is COc1ccc(N2C(=O)C[C@]3(C=C(C(=O)OCc4ccccc4)NN3)C2=O)cc1. The van der Waals surface area contributed by atoms with Gasteiger partial charge in [0.2, 0.25) is 5.91 Å². The van der Waals surface area contributed by atoms with Gasteiger partial charge in [-0.2, -0.15) is 0 Å². The second-order valence-corrected chi connectivity index (χ2v) is 6.75. The molecule has 1 saturated heterocycles. The van der Waals surface area contributed by atoms with Gasteiger partial charge in [0.05, 0.1) is 19.2 Å². The van der Waals surface area contributed by atoms with Crippen LogP contribution >= 0.6 is 0 Å². The third-order valence-electron chi connectivity index (χ3n) is 4.84. The molecule has 2 heterocycles. The predicted molar refractivity (Wildman–Crippen MR) is 103 cm³/mol. The summed E-state index contributed by atoms with van der Waals surface area (Å²) in [5.41, 5.74) is 5.53. The Bertz CT molecular complexity index is 987. The Labute approximate surface area is 167 Å². The fraction of sp³-hybridized carbons (Fsp3) is 0.190. The summed E-state index contributed by atoms with van der Waals surface area (Å²) in [4.78, 5) is 39.0. The van der Waals surface area contributed by atoms with E-state index in [1.54, 1.807) is 24.3 Å². The number of nitrogens with one attached hydrogen (secondary N) is 2. The number of carbonyl (C=O) groups is 3. The maximum atomic E-state index is 13.0. The van der Waals surface area contributed by atoms with Crippen molar-refractivity contribution in [2.75, 3.05) is 12.0 Å². The van der Waals surface area contributed by atoms with Crippen LogP contribution in [0.15, 0.2) is 66.4 Å². The Morgan fingerprint density at radius 2 is 1.83 bits per heavy atom. The zero-order valence-electron chi connectivity index (χ0n) is 15.7. The van der Waals surface area contributed by atoms with Crippen molar-refractivity contribution in [3.05, 3.63) is 71.9 Å². The van der Waals surface area contributed by atoms with Crippen LogP contribution in [0.4, 0.5) is 5.69 Å². The van der Waals surface area contributed by atoms with Gasteiger partial charge in [0.15, 0.2) is 0 Å². The number of amides is 2. The van der Waals surface area contributed by atoms with Gasteiger partial charge in [0.25, 0.3) is 5.91 Å². The van der Waals surface area contributed by atoms with E-state index in [1.807, 2.05) is 30.3 Å². The number of hydrazine groups is 1. The summed E-state index contributed by atoms with van der Waals surface area (Å²) in [6.07, 6.45) is 1.31. The minimum atomic E-state index is -1.32. The molecule has 8 heteroatoms. The van der Waals surface area contributed by atoms with Crippen LogP contribution < -0.4 is 20.5 Å². The minimum absolute atomic E-state index is 0.0960. The highest BCUT2D eigenvalue weighted by Crippen LogP contribution is 2.33. The van der Waals surface area contributed by atoms with Gasteiger partial charge in [0, 0.05) is 0 Å². The lowest BCUT2D eigenvalue weighted by Crippen LogP contribution is -2.51. The maximum Gasteiger partial charge on any atom is 0.355 e. The average molecular weight is 393 g/mol. The number of methoxy groups -OCH3 is 1. The molecule has 0 aliphatic carbocycles. The summed E-state index contributed by atoms with van der Waals surface area (Å²) in [5.74, 6) is -0.830. The lowest BCUT2D eigenvalue weighted by Gasteiger charge is -2.20. The largest absolute Gasteiger partial charge is 0.497 e. The highest BCUT2D eigenvalue weighted by atomic mass is 16.5. The lowest BCUT2D eigenvalue weighted by atomic mass is 9.98. The molecule has 4 rings (SSSR count). The first kappa shape index (κ1) is 18.7. The Morgan fingerprint density at radius 3 is 2.52 bits per heavy atom. The molecule has 0 radical (unpaired) electrons. The van der Waals surface area contributed by atoms with E-state index < -0.39 is 17.4 Å². The Morgan fingerprint density at radius 1 is 1.10 bits per heavy atom. The number of rotatable bonds is 5. The van der Waals surface area contributed by atoms with E-state index in [4.69, 9.17) is 9.47 Å². The molecule has 2 aromatic carbocycles. The highest BCUT2D eigenvalue weighted by molar-refractivity contribution is 6.25. The normalized spacial score (nSPS) is 20.6. The average Bonchev–Trinajstić information content (AvgIpc) is 3.28. The molecule has 2 aliphatic rings. The molecule has 1 spiro atoms. The first-order valence-corrected chi connectivity index (χ1v) is 9.01. The number of hydrogen-bond acceptors (Lipinski definition) is 7. The quantitative estimate of drug-likeness (QED) is 0.586. The number of esters is 1. The summed E-state index contributed by atoms with van der Waals surface area (Å²) < 4.78 is 10.4. The van der Waals surface area contributed by atoms with Gasteiger partial charge >= 0.3 is 5.97 Å². The maximum absolute atomic E-state index is 13.0. The molecular weight excluding hydrogens is 374 g/mol. The van der Waals surface area contributed by atoms with Crippen LogP contribution in [0.2, 0.25) is 0 Å². The fourth-order valence-corrected chi connectivity index (χ4v) is 3.32. The minimum Gasteiger partial charge on any atom is -0.497 e. The molecule has 1 fully saturated rings. The molecule has 1 atom stereocenters. The number of imide groups is 1. The fourth-order valence-electron chi connectivity index (χ4n) is 3.32. The Kier molecular flexibility index (Phi) is 4.77. The van der Waals surface area contributed by atoms with Gasteiger partial charge in [-0.25, -0.2) is 15.1 Å². The van der Waals surface area contributed by atoms with Gasteiger partial charge in [-0.3, -0.25) is 9.59 Å². The van der Waals surface area contributed by atoms with Crippen LogP contribution in [-0.4, -0.2) is 30.4 Å². The van der Waals surface area contributed by atoms with Crippen LogP contribution in [0.1, 0.15) is 12.0 Å². The van der Waals surface area contributed by atoms with E-state index in [2.05, 4.69) is 10.9 Å². The van der Waals surface area contributed by atoms with Gasteiger partial charge in [-0.1, -0.05) is 30.3 Å². The van der Waals surface area contributed by atoms with Crippen molar-refractivity contribution in [3.63, 3.8) is 0 Å². The number of benzene rings is 2. The molecule has 0 bridgehead atoms. The molecule has 2 aliphatic heterocycles. The van der Waals surface area contributed by atoms with Crippen molar-refractivity contribution in [2.45, 2.75) is 18.6 Å². The van der Waals surface area contributed by atoms with E-state index in [0.717, 1.165) is 10.5 Å². The standard InChI is InChI=1S/C21H19N3O5/c1-28-16-9-7-15(8-10-16)24-18(25)12-21(20(24)27)11-17(22-23-21)19(26)29-13-14-5-3-2-4-6-14/h2-11,22-23H,12-13H2,1H3/t21-/m1/s1. The molecule has 2 aromatic rings. The van der Waals surface area contributed by atoms with Gasteiger partial charge in [-0.15, -0.1) is 0 Å². The summed E-state index contributed by atoms with van der Waals surface area (Å²) in [6.45, 7) is 0.108. The van der Waals surface area contributed by atoms with E-state index in [9.17, 15) is 14.4 Å². The third-order valence-corrected chi connectivity index (χ3v) is 4.84. The Balaban J connectivity index is 1.49. The number of nitrogens with zero attached hydrogens (tertiary/aromatic N) is 1. The Hall–Kier alpha value is -3.65. The van der Waals surface area contributed by atoms with Crippen molar-refractivity contribution in [1.82, 2.24) is 10.9 Å². The summed E-state index contributed by atoms with van der Waals surface area (Å²) >= 11 is 0. The number of carbonyl (C=O) groups excluding carboxylic acids is 3. The molecular formula is C21H19N3O5. The smallest absolute Gasteiger partial charge is 0.355 e. The number of ether oxygens (including phenoxy) is 2. The van der Waals surface area contributed by atoms with E-state index in [1.165, 1.54) is 13.2 Å². The predicted octanol–water partition coefficient (Wildman–Crippen LogP) is 1.43. The van der Waals surface area contributed by atoms with Crippen molar-refractivity contribution in [2.24, 2.45) is 0 Å². The molecule has 8 nitrogen and oxygen atoms in total. The van der Waals surface area contributed by atoms with Crippen molar-refractivity contribution in [1.29, 1.82) is 0 Å². The van der Waals surface area contributed by atoms with Crippen LogP contribution in [0, 0.1) is 0 Å². The third kappa shape index (κ3) is 3.45. The molecule has 0 saturated carbocycles. The zero-order chi connectivity index (χ0) is 20.4. The molecule has 2 amide bonds. The van der Waals surface area contributed by atoms with Crippen LogP contribution in [0.25, 0.3) is 0 Å². The monoisotopic (exact) mass is 393 g/mol. The van der Waals surface area contributed by atoms with Crippen molar-refractivity contribution < 1.29 is 23.9 Å². The molecule has 0 unspecified atom stereocenters. The molecule has 148 valence electrons. The summed E-state index contributed by atoms with van der Waals surface area (Å²) in [6, 6.07) is 15.9. The van der Waals surface area contributed by atoms with Crippen LogP contribution in [-0.2, 0) is 25.7 Å². The number of hydrogen-bond donors (Lipinski definition) is 2. The second kappa shape index (κ2) is 7.40. The van der Waals surface area contributed by atoms with Crippen LogP contribution in [0.5, 0.6) is 5.75 Å². The van der Waals surface area contributed by atoms with Gasteiger partial charge < -0.3 is 14.9 Å². The van der Waals surface area contributed by atoms with Crippen molar-refractivity contribution >= 4 is 23.5 Å². The lowest BCUT2D eigenvalue weighted by molar-refractivity contribution is -0.140. The second-order valence-electron chi connectivity index (χ2n) is 6.75. The first-order valence-electron chi connectivity index (χ1n) is 9.01. The molecule has 0 aromatic heterocycles. The van der Waals surface area contributed by atoms with Gasteiger partial charge in [0.1, 0.15) is 23.6 Å². The molecule has 29 heavy (non-hydrogen) atoms. The summed E-state index contributed by atoms with van der Waals surface area (Å²) in [7, 11) is 1.54. The van der Waals surface area contributed by atoms with E-state index in [0.29, 0.717) is 11.4 Å². The highest BCUT2D eigenvalue weighted by Gasteiger charge is 2.54. The van der Waals surface area contributed by atoms with Crippen molar-refractivity contribution in [3.8, 4) is 5.75 Å². The summed E-state index contributed by atoms with van der Waals surface area (Å²) in [5, 5.41) is 0. The van der Waals surface area contributed by atoms with Crippen LogP contribution in [0.3, 0.4) is 0 Å². The van der Waals surface area contributed by atoms with Gasteiger partial charge in [-0.05, 0) is 35.9 Å². The zero-order valence-corrected chi connectivity index (χ0v) is 15.7.